The summed E-state index contributed by atoms with van der Waals surface area (Å²) in [5.74, 6) is -0.967. The highest BCUT2D eigenvalue weighted by atomic mass is 35.5. The zero-order valence-corrected chi connectivity index (χ0v) is 9.47. The fourth-order valence-corrected chi connectivity index (χ4v) is 1.66. The van der Waals surface area contributed by atoms with E-state index in [9.17, 15) is 24.7 Å². The summed E-state index contributed by atoms with van der Waals surface area (Å²) >= 11 is 5.38. The molecule has 2 atom stereocenters. The molecule has 0 aliphatic heterocycles. The molecule has 1 aromatic rings. The van der Waals surface area contributed by atoms with Crippen LogP contribution in [0, 0.1) is 15.9 Å². The van der Waals surface area contributed by atoms with Gasteiger partial charge in [0.15, 0.2) is 0 Å². The number of benzene rings is 1. The molecular formula is C10H11ClFNO4. The van der Waals surface area contributed by atoms with Gasteiger partial charge in [-0.3, -0.25) is 10.1 Å². The predicted molar refractivity (Wildman–Crippen MR) is 59.4 cm³/mol. The zero-order valence-electron chi connectivity index (χ0n) is 8.72. The lowest BCUT2D eigenvalue weighted by Gasteiger charge is -2.17. The third-order valence-corrected chi connectivity index (χ3v) is 2.51. The van der Waals surface area contributed by atoms with Gasteiger partial charge >= 0.3 is 5.69 Å². The van der Waals surface area contributed by atoms with Gasteiger partial charge in [-0.15, -0.1) is 11.6 Å². The lowest BCUT2D eigenvalue weighted by atomic mass is 10.0. The summed E-state index contributed by atoms with van der Waals surface area (Å²) in [5.41, 5.74) is -1.08. The topological polar surface area (TPSA) is 83.6 Å². The van der Waals surface area contributed by atoms with Gasteiger partial charge in [0.2, 0.25) is 5.82 Å². The van der Waals surface area contributed by atoms with Crippen molar-refractivity contribution in [2.24, 2.45) is 0 Å². The van der Waals surface area contributed by atoms with E-state index in [1.165, 1.54) is 12.1 Å². The van der Waals surface area contributed by atoms with Crippen molar-refractivity contribution >= 4 is 17.3 Å². The molecule has 0 spiro atoms. The number of alkyl halides is 1. The quantitative estimate of drug-likeness (QED) is 0.482. The Bertz CT molecular complexity index is 415. The van der Waals surface area contributed by atoms with E-state index >= 15 is 0 Å². The molecule has 1 rings (SSSR count). The molecule has 0 aliphatic carbocycles. The molecule has 0 bridgehead atoms. The second-order valence-electron chi connectivity index (χ2n) is 3.42. The van der Waals surface area contributed by atoms with Crippen LogP contribution in [-0.2, 0) is 0 Å². The van der Waals surface area contributed by atoms with Gasteiger partial charge in [0, 0.05) is 5.88 Å². The van der Waals surface area contributed by atoms with Crippen molar-refractivity contribution in [3.63, 3.8) is 0 Å². The van der Waals surface area contributed by atoms with Crippen LogP contribution in [0.1, 0.15) is 18.1 Å². The lowest BCUT2D eigenvalue weighted by molar-refractivity contribution is -0.389. The minimum atomic E-state index is -1.54. The minimum Gasteiger partial charge on any atom is -0.390 e. The molecule has 94 valence electrons. The number of nitro groups is 1. The second-order valence-corrected chi connectivity index (χ2v) is 3.80. The van der Waals surface area contributed by atoms with Gasteiger partial charge in [0.25, 0.3) is 0 Å². The molecule has 0 fully saturated rings. The van der Waals surface area contributed by atoms with E-state index in [0.29, 0.717) is 0 Å². The highest BCUT2D eigenvalue weighted by Crippen LogP contribution is 2.30. The van der Waals surface area contributed by atoms with Crippen molar-refractivity contribution in [3.8, 4) is 0 Å². The Kier molecular flexibility index (Phi) is 4.80. The normalized spacial score (nSPS) is 14.4. The fourth-order valence-electron chi connectivity index (χ4n) is 1.44. The van der Waals surface area contributed by atoms with Gasteiger partial charge < -0.3 is 10.2 Å². The number of nitro benzene ring substituents is 1. The Morgan fingerprint density at radius 1 is 1.47 bits per heavy atom. The largest absolute Gasteiger partial charge is 0.390 e. The smallest absolute Gasteiger partial charge is 0.310 e. The van der Waals surface area contributed by atoms with Crippen LogP contribution in [0.4, 0.5) is 10.1 Å². The van der Waals surface area contributed by atoms with Crippen molar-refractivity contribution in [1.29, 1.82) is 0 Å². The average molecular weight is 264 g/mol. The molecule has 17 heavy (non-hydrogen) atoms. The number of hydrogen-bond donors (Lipinski definition) is 2. The molecule has 0 saturated heterocycles. The number of rotatable bonds is 5. The molecular weight excluding hydrogens is 253 g/mol. The van der Waals surface area contributed by atoms with Crippen LogP contribution in [-0.4, -0.2) is 27.1 Å². The molecule has 2 unspecified atom stereocenters. The number of aliphatic hydroxyl groups is 2. The van der Waals surface area contributed by atoms with E-state index in [-0.39, 0.29) is 17.9 Å². The van der Waals surface area contributed by atoms with Gasteiger partial charge in [-0.25, -0.2) is 0 Å². The van der Waals surface area contributed by atoms with Crippen LogP contribution < -0.4 is 0 Å². The van der Waals surface area contributed by atoms with Gasteiger partial charge in [-0.2, -0.15) is 4.39 Å². The van der Waals surface area contributed by atoms with Crippen molar-refractivity contribution in [2.45, 2.75) is 18.6 Å². The monoisotopic (exact) mass is 263 g/mol. The Morgan fingerprint density at radius 3 is 2.65 bits per heavy atom. The molecule has 5 nitrogen and oxygen atoms in total. The lowest BCUT2D eigenvalue weighted by Crippen LogP contribution is -2.20. The molecule has 7 heteroatoms. The molecule has 0 radical (unpaired) electrons. The first kappa shape index (κ1) is 13.8. The first-order valence-electron chi connectivity index (χ1n) is 4.84. The van der Waals surface area contributed by atoms with E-state index in [0.717, 1.165) is 6.07 Å². The van der Waals surface area contributed by atoms with Crippen LogP contribution in [0.25, 0.3) is 0 Å². The summed E-state index contributed by atoms with van der Waals surface area (Å²) in [6.07, 6.45) is -2.76. The van der Waals surface area contributed by atoms with Crippen molar-refractivity contribution in [1.82, 2.24) is 0 Å². The first-order valence-corrected chi connectivity index (χ1v) is 5.37. The maximum Gasteiger partial charge on any atom is 0.310 e. The van der Waals surface area contributed by atoms with E-state index in [1.54, 1.807) is 0 Å². The van der Waals surface area contributed by atoms with E-state index in [2.05, 4.69) is 0 Å². The van der Waals surface area contributed by atoms with Crippen LogP contribution in [0.3, 0.4) is 0 Å². The highest BCUT2D eigenvalue weighted by Gasteiger charge is 2.28. The number of nitrogens with zero attached hydrogens (tertiary/aromatic N) is 1. The Balaban J connectivity index is 3.13. The van der Waals surface area contributed by atoms with Crippen molar-refractivity contribution in [2.75, 3.05) is 5.88 Å². The second kappa shape index (κ2) is 5.90. The van der Waals surface area contributed by atoms with E-state index in [4.69, 9.17) is 11.6 Å². The summed E-state index contributed by atoms with van der Waals surface area (Å²) in [7, 11) is 0. The van der Waals surface area contributed by atoms with E-state index < -0.39 is 28.6 Å². The molecule has 0 aliphatic rings. The Labute approximate surface area is 102 Å². The zero-order chi connectivity index (χ0) is 13.0. The van der Waals surface area contributed by atoms with Gasteiger partial charge in [-0.1, -0.05) is 6.07 Å². The fraction of sp³-hybridized carbons (Fsp3) is 0.400. The number of para-hydroxylation sites is 1. The minimum absolute atomic E-state index is 0.0520. The number of aliphatic hydroxyl groups excluding tert-OH is 2. The summed E-state index contributed by atoms with van der Waals surface area (Å²) in [5, 5.41) is 29.9. The Hall–Kier alpha value is -1.24. The summed E-state index contributed by atoms with van der Waals surface area (Å²) in [6.45, 7) is 0. The van der Waals surface area contributed by atoms with Crippen LogP contribution in [0.15, 0.2) is 18.2 Å². The maximum atomic E-state index is 13.2. The molecule has 0 saturated carbocycles. The van der Waals surface area contributed by atoms with Gasteiger partial charge in [0.05, 0.1) is 16.6 Å². The first-order chi connectivity index (χ1) is 7.99. The summed E-state index contributed by atoms with van der Waals surface area (Å²) in [6, 6.07) is 3.35. The standard InChI is InChI=1S/C10H11ClFNO4/c11-5-4-8(14)10(15)6-2-1-3-7(12)9(6)13(16)17/h1-3,8,10,14-15H,4-5H2. The number of halogens is 2. The maximum absolute atomic E-state index is 13.2. The molecule has 0 amide bonds. The predicted octanol–water partition coefficient (Wildman–Crippen LogP) is 1.76. The summed E-state index contributed by atoms with van der Waals surface area (Å²) < 4.78 is 13.2. The van der Waals surface area contributed by atoms with Gasteiger partial charge in [-0.05, 0) is 18.6 Å². The van der Waals surface area contributed by atoms with Gasteiger partial charge in [0.1, 0.15) is 6.10 Å². The highest BCUT2D eigenvalue weighted by molar-refractivity contribution is 6.17. The third-order valence-electron chi connectivity index (χ3n) is 2.29. The summed E-state index contributed by atoms with van der Waals surface area (Å²) in [4.78, 5) is 9.74. The Morgan fingerprint density at radius 2 is 2.12 bits per heavy atom. The van der Waals surface area contributed by atoms with Crippen LogP contribution in [0.2, 0.25) is 0 Å². The SMILES string of the molecule is O=[N+]([O-])c1c(F)cccc1C(O)C(O)CCCl. The van der Waals surface area contributed by atoms with Crippen molar-refractivity contribution in [3.05, 3.63) is 39.7 Å². The molecule has 0 aromatic heterocycles. The average Bonchev–Trinajstić information content (AvgIpc) is 2.27. The number of hydrogen-bond acceptors (Lipinski definition) is 4. The third kappa shape index (κ3) is 3.12. The van der Waals surface area contributed by atoms with Crippen LogP contribution in [0.5, 0.6) is 0 Å². The van der Waals surface area contributed by atoms with Crippen molar-refractivity contribution < 1.29 is 19.5 Å². The molecule has 0 heterocycles. The van der Waals surface area contributed by atoms with Crippen LogP contribution >= 0.6 is 11.6 Å². The van der Waals surface area contributed by atoms with E-state index in [1.807, 2.05) is 0 Å². The molecule has 1 aromatic carbocycles. The molecule has 2 N–H and O–H groups in total.